The van der Waals surface area contributed by atoms with Gasteiger partial charge < -0.3 is 10.3 Å². The maximum Gasteiger partial charge on any atom is 0.0511 e. The van der Waals surface area contributed by atoms with Gasteiger partial charge in [0.05, 0.1) is 6.54 Å². The summed E-state index contributed by atoms with van der Waals surface area (Å²) in [6.45, 7) is 2.41. The number of hydrogen-bond donors (Lipinski definition) is 2. The fraction of sp³-hybridized carbons (Fsp3) is 0.467. The molecular weight excluding hydrogens is 250 g/mol. The van der Waals surface area contributed by atoms with Crippen LogP contribution in [0, 0.1) is 5.92 Å². The van der Waals surface area contributed by atoms with E-state index >= 15 is 0 Å². The molecular formula is C15H19N5. The van der Waals surface area contributed by atoms with Gasteiger partial charge in [0.1, 0.15) is 0 Å². The van der Waals surface area contributed by atoms with Crippen LogP contribution < -0.4 is 5.32 Å². The smallest absolute Gasteiger partial charge is 0.0511 e. The van der Waals surface area contributed by atoms with Crippen molar-refractivity contribution in [2.75, 3.05) is 6.54 Å². The van der Waals surface area contributed by atoms with Gasteiger partial charge in [0, 0.05) is 22.7 Å². The SMILES string of the molecule is [N-]=[N+]=NCc1ccc2cc(CNCC3CCC3)[nH]c2c1. The zero-order chi connectivity index (χ0) is 13.8. The van der Waals surface area contributed by atoms with Crippen LogP contribution in [0.3, 0.4) is 0 Å². The predicted octanol–water partition coefficient (Wildman–Crippen LogP) is 3.87. The lowest BCUT2D eigenvalue weighted by Gasteiger charge is -2.25. The van der Waals surface area contributed by atoms with Crippen molar-refractivity contribution in [1.29, 1.82) is 0 Å². The fourth-order valence-electron chi connectivity index (χ4n) is 2.65. The first-order valence-electron chi connectivity index (χ1n) is 7.17. The molecule has 3 rings (SSSR count). The van der Waals surface area contributed by atoms with Crippen molar-refractivity contribution in [2.45, 2.75) is 32.4 Å². The quantitative estimate of drug-likeness (QED) is 0.466. The molecule has 0 bridgehead atoms. The molecule has 1 saturated carbocycles. The lowest BCUT2D eigenvalue weighted by Crippen LogP contribution is -2.26. The number of azide groups is 1. The van der Waals surface area contributed by atoms with E-state index in [1.165, 1.54) is 30.3 Å². The highest BCUT2D eigenvalue weighted by Crippen LogP contribution is 2.25. The van der Waals surface area contributed by atoms with Crippen LogP contribution >= 0.6 is 0 Å². The van der Waals surface area contributed by atoms with Crippen molar-refractivity contribution in [2.24, 2.45) is 11.0 Å². The molecule has 104 valence electrons. The zero-order valence-corrected chi connectivity index (χ0v) is 11.5. The summed E-state index contributed by atoms with van der Waals surface area (Å²) in [6.07, 6.45) is 4.15. The molecule has 0 radical (unpaired) electrons. The molecule has 1 aromatic heterocycles. The third-order valence-electron chi connectivity index (χ3n) is 4.03. The maximum absolute atomic E-state index is 8.35. The Bertz CT molecular complexity index is 635. The summed E-state index contributed by atoms with van der Waals surface area (Å²) in [5.74, 6) is 0.884. The van der Waals surface area contributed by atoms with Crippen molar-refractivity contribution in [3.8, 4) is 0 Å². The van der Waals surface area contributed by atoms with E-state index in [4.69, 9.17) is 5.53 Å². The molecule has 0 unspecified atom stereocenters. The summed E-state index contributed by atoms with van der Waals surface area (Å²) in [5, 5.41) is 8.31. The van der Waals surface area contributed by atoms with E-state index in [1.54, 1.807) is 0 Å². The van der Waals surface area contributed by atoms with E-state index in [9.17, 15) is 0 Å². The molecule has 2 N–H and O–H groups in total. The highest BCUT2D eigenvalue weighted by Gasteiger charge is 2.16. The second-order valence-corrected chi connectivity index (χ2v) is 5.53. The van der Waals surface area contributed by atoms with Crippen molar-refractivity contribution < 1.29 is 0 Å². The van der Waals surface area contributed by atoms with Gasteiger partial charge in [0.2, 0.25) is 0 Å². The summed E-state index contributed by atoms with van der Waals surface area (Å²) in [6, 6.07) is 8.32. The number of benzene rings is 1. The van der Waals surface area contributed by atoms with Crippen LogP contribution in [0.15, 0.2) is 29.4 Å². The molecule has 2 aromatic rings. The first-order chi connectivity index (χ1) is 9.85. The van der Waals surface area contributed by atoms with E-state index < -0.39 is 0 Å². The lowest BCUT2D eigenvalue weighted by atomic mass is 9.85. The van der Waals surface area contributed by atoms with Gasteiger partial charge in [-0.3, -0.25) is 0 Å². The molecule has 5 nitrogen and oxygen atoms in total. The Morgan fingerprint density at radius 2 is 2.25 bits per heavy atom. The first kappa shape index (κ1) is 13.0. The molecule has 0 saturated heterocycles. The first-order valence-corrected chi connectivity index (χ1v) is 7.17. The summed E-state index contributed by atoms with van der Waals surface area (Å²) >= 11 is 0. The van der Waals surface area contributed by atoms with Crippen LogP contribution in [0.25, 0.3) is 21.3 Å². The molecule has 0 spiro atoms. The predicted molar refractivity (Wildman–Crippen MR) is 80.2 cm³/mol. The van der Waals surface area contributed by atoms with Gasteiger partial charge in [-0.15, -0.1) is 0 Å². The van der Waals surface area contributed by atoms with Gasteiger partial charge in [-0.05, 0) is 53.9 Å². The third kappa shape index (κ3) is 2.95. The van der Waals surface area contributed by atoms with Gasteiger partial charge in [0.15, 0.2) is 0 Å². The van der Waals surface area contributed by atoms with E-state index in [0.717, 1.165) is 30.1 Å². The number of rotatable bonds is 6. The standard InChI is InChI=1S/C15H19N5/c16-20-18-9-12-4-5-13-7-14(19-15(13)6-12)10-17-8-11-2-1-3-11/h4-7,11,17,19H,1-3,8-10H2. The van der Waals surface area contributed by atoms with E-state index in [0.29, 0.717) is 6.54 Å². The molecule has 0 amide bonds. The molecule has 5 heteroatoms. The highest BCUT2D eigenvalue weighted by molar-refractivity contribution is 5.81. The minimum atomic E-state index is 0.403. The fourth-order valence-corrected chi connectivity index (χ4v) is 2.65. The Hall–Kier alpha value is -1.97. The average molecular weight is 269 g/mol. The molecule has 1 heterocycles. The molecule has 0 atom stereocenters. The summed E-state index contributed by atoms with van der Waals surface area (Å²) in [7, 11) is 0. The Kier molecular flexibility index (Phi) is 3.90. The van der Waals surface area contributed by atoms with Gasteiger partial charge in [-0.2, -0.15) is 0 Å². The summed E-state index contributed by atoms with van der Waals surface area (Å²) < 4.78 is 0. The lowest BCUT2D eigenvalue weighted by molar-refractivity contribution is 0.301. The van der Waals surface area contributed by atoms with Crippen molar-refractivity contribution in [1.82, 2.24) is 10.3 Å². The van der Waals surface area contributed by atoms with Gasteiger partial charge in [-0.1, -0.05) is 23.7 Å². The number of aromatic nitrogens is 1. The minimum absolute atomic E-state index is 0.403. The zero-order valence-electron chi connectivity index (χ0n) is 11.5. The van der Waals surface area contributed by atoms with Crippen LogP contribution in [0.2, 0.25) is 0 Å². The molecule has 0 aliphatic heterocycles. The Morgan fingerprint density at radius 3 is 3.00 bits per heavy atom. The summed E-state index contributed by atoms with van der Waals surface area (Å²) in [5.41, 5.74) is 11.7. The number of fused-ring (bicyclic) bond motifs is 1. The number of nitrogens with zero attached hydrogens (tertiary/aromatic N) is 3. The number of nitrogens with one attached hydrogen (secondary N) is 2. The van der Waals surface area contributed by atoms with E-state index in [-0.39, 0.29) is 0 Å². The highest BCUT2D eigenvalue weighted by atomic mass is 15.1. The number of hydrogen-bond acceptors (Lipinski definition) is 2. The largest absolute Gasteiger partial charge is 0.357 e. The molecule has 20 heavy (non-hydrogen) atoms. The van der Waals surface area contributed by atoms with E-state index in [2.05, 4.69) is 38.5 Å². The minimum Gasteiger partial charge on any atom is -0.357 e. The van der Waals surface area contributed by atoms with Crippen molar-refractivity contribution >= 4 is 10.9 Å². The molecule has 1 aromatic carbocycles. The van der Waals surface area contributed by atoms with Gasteiger partial charge >= 0.3 is 0 Å². The topological polar surface area (TPSA) is 76.6 Å². The van der Waals surface area contributed by atoms with Crippen LogP contribution in [0.1, 0.15) is 30.5 Å². The van der Waals surface area contributed by atoms with Gasteiger partial charge in [-0.25, -0.2) is 0 Å². The monoisotopic (exact) mass is 269 g/mol. The molecule has 1 aliphatic carbocycles. The Balaban J connectivity index is 1.64. The summed E-state index contributed by atoms with van der Waals surface area (Å²) in [4.78, 5) is 6.22. The average Bonchev–Trinajstić information content (AvgIpc) is 2.81. The number of H-pyrrole nitrogens is 1. The Morgan fingerprint density at radius 1 is 1.35 bits per heavy atom. The number of aromatic amines is 1. The van der Waals surface area contributed by atoms with Crippen molar-refractivity contribution in [3.05, 3.63) is 46.0 Å². The third-order valence-corrected chi connectivity index (χ3v) is 4.03. The second-order valence-electron chi connectivity index (χ2n) is 5.53. The van der Waals surface area contributed by atoms with Crippen LogP contribution in [-0.2, 0) is 13.1 Å². The normalized spacial score (nSPS) is 15.0. The van der Waals surface area contributed by atoms with Crippen LogP contribution in [0.4, 0.5) is 0 Å². The van der Waals surface area contributed by atoms with E-state index in [1.807, 2.05) is 6.07 Å². The van der Waals surface area contributed by atoms with Crippen LogP contribution in [-0.4, -0.2) is 11.5 Å². The van der Waals surface area contributed by atoms with Gasteiger partial charge in [0.25, 0.3) is 0 Å². The second kappa shape index (κ2) is 5.99. The van der Waals surface area contributed by atoms with Crippen LogP contribution in [0.5, 0.6) is 0 Å². The Labute approximate surface area is 118 Å². The molecule has 1 aliphatic rings. The molecule has 1 fully saturated rings. The van der Waals surface area contributed by atoms with Crippen molar-refractivity contribution in [3.63, 3.8) is 0 Å². The maximum atomic E-state index is 8.35.